The second-order valence-corrected chi connectivity index (χ2v) is 8.67. The van der Waals surface area contributed by atoms with Crippen LogP contribution in [0.25, 0.3) is 10.2 Å². The maximum absolute atomic E-state index is 12.7. The highest BCUT2D eigenvalue weighted by molar-refractivity contribution is 8.13. The molecule has 1 amide bonds. The number of benzene rings is 2. The first-order valence-electron chi connectivity index (χ1n) is 8.42. The van der Waals surface area contributed by atoms with Gasteiger partial charge < -0.3 is 10.8 Å². The van der Waals surface area contributed by atoms with Crippen LogP contribution in [0.15, 0.2) is 47.5 Å². The van der Waals surface area contributed by atoms with Crippen LogP contribution in [0.1, 0.15) is 29.3 Å². The number of carbonyl (C=O) groups excluding carboxylic acids is 1. The molecule has 0 aliphatic carbocycles. The first-order valence-corrected chi connectivity index (χ1v) is 10.2. The normalized spacial score (nSPS) is 19.7. The lowest BCUT2D eigenvalue weighted by molar-refractivity contribution is 0.102. The Bertz CT molecular complexity index is 1060. The Morgan fingerprint density at radius 3 is 2.96 bits per heavy atom. The van der Waals surface area contributed by atoms with Crippen LogP contribution in [0.4, 0.5) is 5.13 Å². The molecule has 1 unspecified atom stereocenters. The highest BCUT2D eigenvalue weighted by Gasteiger charge is 2.29. The van der Waals surface area contributed by atoms with E-state index in [1.807, 2.05) is 25.1 Å². The van der Waals surface area contributed by atoms with E-state index in [2.05, 4.69) is 15.3 Å². The molecule has 4 rings (SSSR count). The predicted octanol–water partition coefficient (Wildman–Crippen LogP) is 3.92. The third kappa shape index (κ3) is 3.63. The van der Waals surface area contributed by atoms with Crippen LogP contribution in [0.2, 0.25) is 0 Å². The molecule has 27 heavy (non-hydrogen) atoms. The third-order valence-electron chi connectivity index (χ3n) is 4.53. The molecule has 0 bridgehead atoms. The summed E-state index contributed by atoms with van der Waals surface area (Å²) in [5.41, 5.74) is 7.73. The van der Waals surface area contributed by atoms with Gasteiger partial charge in [0.25, 0.3) is 5.91 Å². The molecule has 1 atom stereocenters. The Kier molecular flexibility index (Phi) is 4.53. The molecule has 1 aliphatic heterocycles. The molecule has 1 aliphatic rings. The summed E-state index contributed by atoms with van der Waals surface area (Å²) in [6.07, 6.45) is 0.866. The Morgan fingerprint density at radius 2 is 2.15 bits per heavy atom. The van der Waals surface area contributed by atoms with Gasteiger partial charge in [-0.25, -0.2) is 4.98 Å². The molecule has 1 aromatic heterocycles. The summed E-state index contributed by atoms with van der Waals surface area (Å²) in [4.78, 5) is 21.7. The molecule has 0 fully saturated rings. The van der Waals surface area contributed by atoms with Crippen LogP contribution in [0, 0.1) is 0 Å². The lowest BCUT2D eigenvalue weighted by atomic mass is 9.89. The van der Waals surface area contributed by atoms with Gasteiger partial charge in [-0.1, -0.05) is 35.2 Å². The van der Waals surface area contributed by atoms with Gasteiger partial charge in [-0.05, 0) is 49.2 Å². The zero-order chi connectivity index (χ0) is 19.0. The molecule has 0 radical (unpaired) electrons. The number of nitrogens with zero attached hydrogens (tertiary/aromatic N) is 2. The van der Waals surface area contributed by atoms with Crippen LogP contribution >= 0.6 is 23.1 Å². The van der Waals surface area contributed by atoms with Crippen molar-refractivity contribution in [2.75, 3.05) is 11.1 Å². The zero-order valence-corrected chi connectivity index (χ0v) is 16.2. The van der Waals surface area contributed by atoms with E-state index in [-0.39, 0.29) is 11.7 Å². The van der Waals surface area contributed by atoms with E-state index in [4.69, 9.17) is 5.73 Å². The van der Waals surface area contributed by atoms with Crippen molar-refractivity contribution in [2.24, 2.45) is 10.7 Å². The van der Waals surface area contributed by atoms with E-state index in [1.54, 1.807) is 36.0 Å². The van der Waals surface area contributed by atoms with Crippen molar-refractivity contribution in [1.82, 2.24) is 4.98 Å². The van der Waals surface area contributed by atoms with Crippen molar-refractivity contribution >= 4 is 49.5 Å². The predicted molar refractivity (Wildman–Crippen MR) is 112 cm³/mol. The van der Waals surface area contributed by atoms with Crippen molar-refractivity contribution in [3.8, 4) is 5.75 Å². The number of aliphatic imine (C=N–C) groups is 1. The van der Waals surface area contributed by atoms with E-state index in [1.165, 1.54) is 11.3 Å². The van der Waals surface area contributed by atoms with Gasteiger partial charge in [0.05, 0.1) is 15.8 Å². The van der Waals surface area contributed by atoms with E-state index in [0.29, 0.717) is 15.9 Å². The Balaban J connectivity index is 1.59. The highest BCUT2D eigenvalue weighted by Crippen LogP contribution is 2.35. The minimum absolute atomic E-state index is 0.176. The number of thioether (sulfide) groups is 1. The number of anilines is 1. The van der Waals surface area contributed by atoms with Crippen molar-refractivity contribution in [2.45, 2.75) is 18.9 Å². The van der Waals surface area contributed by atoms with Crippen LogP contribution in [0.5, 0.6) is 5.75 Å². The Morgan fingerprint density at radius 1 is 1.30 bits per heavy atom. The van der Waals surface area contributed by atoms with E-state index < -0.39 is 5.54 Å². The molecule has 138 valence electrons. The van der Waals surface area contributed by atoms with Crippen molar-refractivity contribution in [3.05, 3.63) is 53.6 Å². The van der Waals surface area contributed by atoms with Crippen molar-refractivity contribution < 1.29 is 9.90 Å². The number of thiazole rings is 1. The number of aromatic hydroxyl groups is 1. The van der Waals surface area contributed by atoms with E-state index in [0.717, 1.165) is 28.0 Å². The van der Waals surface area contributed by atoms with Crippen LogP contribution in [0.3, 0.4) is 0 Å². The fourth-order valence-electron chi connectivity index (χ4n) is 3.03. The summed E-state index contributed by atoms with van der Waals surface area (Å²) in [6, 6.07) is 12.4. The quantitative estimate of drug-likeness (QED) is 0.621. The lowest BCUT2D eigenvalue weighted by Gasteiger charge is -2.30. The number of phenols is 1. The summed E-state index contributed by atoms with van der Waals surface area (Å²) in [5, 5.41) is 13.5. The van der Waals surface area contributed by atoms with Gasteiger partial charge in [0.15, 0.2) is 10.3 Å². The molecule has 0 saturated carbocycles. The summed E-state index contributed by atoms with van der Waals surface area (Å²) in [5.74, 6) is 0.849. The van der Waals surface area contributed by atoms with E-state index >= 15 is 0 Å². The third-order valence-corrected chi connectivity index (χ3v) is 6.26. The molecule has 0 saturated heterocycles. The molecule has 6 nitrogen and oxygen atoms in total. The largest absolute Gasteiger partial charge is 0.508 e. The molecule has 4 N–H and O–H groups in total. The molecule has 2 aromatic carbocycles. The molecule has 3 aromatic rings. The SMILES string of the molecule is CC1(c2cccc(C(=O)Nc3nc4ccc(O)cc4s3)c2)CCSC(N)=N1. The Hall–Kier alpha value is -2.58. The number of nitrogens with two attached hydrogens (primary N) is 1. The highest BCUT2D eigenvalue weighted by atomic mass is 32.2. The molecular formula is C19H18N4O2S2. The van der Waals surface area contributed by atoms with Gasteiger partial charge in [-0.15, -0.1) is 0 Å². The number of carbonyl (C=O) groups is 1. The topological polar surface area (TPSA) is 101 Å². The second-order valence-electron chi connectivity index (χ2n) is 6.53. The molecule has 0 spiro atoms. The number of amidine groups is 1. The van der Waals surface area contributed by atoms with Gasteiger partial charge in [0, 0.05) is 11.3 Å². The number of nitrogens with one attached hydrogen (secondary N) is 1. The Labute approximate surface area is 164 Å². The second kappa shape index (κ2) is 6.86. The van der Waals surface area contributed by atoms with Gasteiger partial charge in [-0.2, -0.15) is 0 Å². The number of hydrogen-bond donors (Lipinski definition) is 3. The first-order chi connectivity index (χ1) is 12.9. The summed E-state index contributed by atoms with van der Waals surface area (Å²) in [6.45, 7) is 2.04. The summed E-state index contributed by atoms with van der Waals surface area (Å²) < 4.78 is 0.816. The number of fused-ring (bicyclic) bond motifs is 1. The van der Waals surface area contributed by atoms with Gasteiger partial charge >= 0.3 is 0 Å². The number of phenolic OH excluding ortho intramolecular Hbond substituents is 1. The molecule has 8 heteroatoms. The molecule has 2 heterocycles. The number of rotatable bonds is 3. The summed E-state index contributed by atoms with van der Waals surface area (Å²) in [7, 11) is 0. The smallest absolute Gasteiger partial charge is 0.257 e. The standard InChI is InChI=1S/C19H18N4O2S2/c1-19(7-8-26-17(20)23-19)12-4-2-3-11(9-12)16(25)22-18-21-14-6-5-13(24)10-15(14)27-18/h2-6,9-10,24H,7-8H2,1H3,(H2,20,23)(H,21,22,25). The fraction of sp³-hybridized carbons (Fsp3) is 0.211. The number of amides is 1. The van der Waals surface area contributed by atoms with Gasteiger partial charge in [0.1, 0.15) is 5.75 Å². The first kappa shape index (κ1) is 17.8. The van der Waals surface area contributed by atoms with Gasteiger partial charge in [0.2, 0.25) is 0 Å². The monoisotopic (exact) mass is 398 g/mol. The fourth-order valence-corrected chi connectivity index (χ4v) is 4.89. The van der Waals surface area contributed by atoms with Gasteiger partial charge in [-0.3, -0.25) is 15.1 Å². The number of hydrogen-bond acceptors (Lipinski definition) is 7. The minimum atomic E-state index is -0.418. The minimum Gasteiger partial charge on any atom is -0.508 e. The maximum atomic E-state index is 12.7. The summed E-state index contributed by atoms with van der Waals surface area (Å²) >= 11 is 2.88. The average molecular weight is 399 g/mol. The van der Waals surface area contributed by atoms with Crippen LogP contribution < -0.4 is 11.1 Å². The van der Waals surface area contributed by atoms with Crippen LogP contribution in [-0.4, -0.2) is 26.9 Å². The average Bonchev–Trinajstić information content (AvgIpc) is 3.03. The zero-order valence-electron chi connectivity index (χ0n) is 14.6. The van der Waals surface area contributed by atoms with Crippen molar-refractivity contribution in [3.63, 3.8) is 0 Å². The lowest BCUT2D eigenvalue weighted by Crippen LogP contribution is -2.29. The van der Waals surface area contributed by atoms with Crippen molar-refractivity contribution in [1.29, 1.82) is 0 Å². The van der Waals surface area contributed by atoms with Crippen LogP contribution in [-0.2, 0) is 5.54 Å². The van der Waals surface area contributed by atoms with E-state index in [9.17, 15) is 9.90 Å². The molecular weight excluding hydrogens is 380 g/mol. The maximum Gasteiger partial charge on any atom is 0.257 e. The number of aromatic nitrogens is 1.